The third kappa shape index (κ3) is 3.37. The number of rotatable bonds is 5. The molecule has 0 saturated carbocycles. The van der Waals surface area contributed by atoms with E-state index in [-0.39, 0.29) is 5.75 Å². The van der Waals surface area contributed by atoms with Gasteiger partial charge >= 0.3 is 0 Å². The first-order valence-corrected chi connectivity index (χ1v) is 7.08. The normalized spacial score (nSPS) is 14.4. The molecule has 0 radical (unpaired) electrons. The fourth-order valence-electron chi connectivity index (χ4n) is 2.23. The van der Waals surface area contributed by atoms with Gasteiger partial charge in [0.15, 0.2) is 0 Å². The second kappa shape index (κ2) is 6.05. The van der Waals surface area contributed by atoms with Crippen LogP contribution in [0.3, 0.4) is 0 Å². The second-order valence-corrected chi connectivity index (χ2v) is 5.89. The van der Waals surface area contributed by atoms with Crippen LogP contribution in [0.1, 0.15) is 18.2 Å². The fraction of sp³-hybridized carbons (Fsp3) is 0.400. The Morgan fingerprint density at radius 1 is 1.29 bits per heavy atom. The zero-order valence-electron chi connectivity index (χ0n) is 12.4. The molecule has 114 valence electrons. The van der Waals surface area contributed by atoms with E-state index in [1.54, 1.807) is 29.9 Å². The van der Waals surface area contributed by atoms with Crippen LogP contribution < -0.4 is 0 Å². The molecule has 0 aliphatic heterocycles. The van der Waals surface area contributed by atoms with Gasteiger partial charge in [0, 0.05) is 6.54 Å². The highest BCUT2D eigenvalue weighted by atomic mass is 35.5. The van der Waals surface area contributed by atoms with Gasteiger partial charge in [0.05, 0.1) is 23.5 Å². The number of aromatic hydroxyl groups is 1. The Morgan fingerprint density at radius 3 is 2.48 bits per heavy atom. The Bertz CT molecular complexity index is 606. The minimum atomic E-state index is -1.28. The molecule has 0 fully saturated rings. The van der Waals surface area contributed by atoms with Gasteiger partial charge in [0.1, 0.15) is 11.4 Å². The Hall–Kier alpha value is -1.56. The smallest absolute Gasteiger partial charge is 0.130 e. The van der Waals surface area contributed by atoms with Crippen molar-refractivity contribution in [3.63, 3.8) is 0 Å². The number of likely N-dealkylation sites (N-methyl/N-ethyl adjacent to an activating group) is 1. The summed E-state index contributed by atoms with van der Waals surface area (Å²) in [5, 5.41) is 25.0. The highest BCUT2D eigenvalue weighted by Crippen LogP contribution is 2.34. The number of halogens is 1. The summed E-state index contributed by atoms with van der Waals surface area (Å²) in [5.74, 6) is 0.154. The summed E-state index contributed by atoms with van der Waals surface area (Å²) < 4.78 is 1.72. The summed E-state index contributed by atoms with van der Waals surface area (Å²) in [6, 6.07) is 6.43. The summed E-state index contributed by atoms with van der Waals surface area (Å²) in [6.45, 7) is 3.09. The molecule has 0 bridgehead atoms. The van der Waals surface area contributed by atoms with E-state index in [1.165, 1.54) is 12.1 Å². The second-order valence-electron chi connectivity index (χ2n) is 5.49. The van der Waals surface area contributed by atoms with E-state index in [1.807, 2.05) is 19.0 Å². The summed E-state index contributed by atoms with van der Waals surface area (Å²) in [6.07, 6.45) is 1.54. The molecule has 2 aromatic rings. The maximum Gasteiger partial charge on any atom is 0.130 e. The van der Waals surface area contributed by atoms with Crippen LogP contribution in [0.2, 0.25) is 5.02 Å². The van der Waals surface area contributed by atoms with Gasteiger partial charge in [-0.05, 0) is 38.7 Å². The number of aromatic nitrogens is 2. The number of hydrogen-bond donors (Lipinski definition) is 2. The minimum Gasteiger partial charge on any atom is -0.508 e. The van der Waals surface area contributed by atoms with Crippen LogP contribution >= 0.6 is 11.6 Å². The monoisotopic (exact) mass is 309 g/mol. The number of phenols is 1. The lowest BCUT2D eigenvalue weighted by Crippen LogP contribution is -2.29. The highest BCUT2D eigenvalue weighted by Gasteiger charge is 2.32. The van der Waals surface area contributed by atoms with Crippen LogP contribution in [0.25, 0.3) is 0 Å². The highest BCUT2D eigenvalue weighted by molar-refractivity contribution is 6.31. The van der Waals surface area contributed by atoms with Gasteiger partial charge in [-0.1, -0.05) is 23.7 Å². The number of hydrogen-bond acceptors (Lipinski definition) is 4. The van der Waals surface area contributed by atoms with Gasteiger partial charge in [-0.3, -0.25) is 4.68 Å². The van der Waals surface area contributed by atoms with Crippen LogP contribution in [0.5, 0.6) is 5.75 Å². The van der Waals surface area contributed by atoms with Crippen LogP contribution in [0.15, 0.2) is 30.5 Å². The number of benzene rings is 1. The van der Waals surface area contributed by atoms with Crippen molar-refractivity contribution >= 4 is 11.6 Å². The maximum absolute atomic E-state index is 10.9. The van der Waals surface area contributed by atoms with Crippen molar-refractivity contribution in [2.45, 2.75) is 19.1 Å². The molecule has 1 aromatic heterocycles. The SMILES string of the molecule is CN(C)CCn1ncc(Cl)c1C(C)(O)c1ccc(O)cc1. The Morgan fingerprint density at radius 2 is 1.90 bits per heavy atom. The predicted molar refractivity (Wildman–Crippen MR) is 82.6 cm³/mol. The first kappa shape index (κ1) is 15.8. The fourth-order valence-corrected chi connectivity index (χ4v) is 2.56. The van der Waals surface area contributed by atoms with Crippen LogP contribution in [0, 0.1) is 0 Å². The lowest BCUT2D eigenvalue weighted by atomic mass is 9.92. The van der Waals surface area contributed by atoms with Crippen molar-refractivity contribution in [3.8, 4) is 5.75 Å². The molecule has 1 atom stereocenters. The van der Waals surface area contributed by atoms with Gasteiger partial charge in [0.2, 0.25) is 0 Å². The third-order valence-corrected chi connectivity index (χ3v) is 3.72. The first-order valence-electron chi connectivity index (χ1n) is 6.70. The molecule has 0 spiro atoms. The van der Waals surface area contributed by atoms with Crippen molar-refractivity contribution in [1.29, 1.82) is 0 Å². The lowest BCUT2D eigenvalue weighted by molar-refractivity contribution is 0.0909. The topological polar surface area (TPSA) is 61.5 Å². The van der Waals surface area contributed by atoms with Gasteiger partial charge in [-0.25, -0.2) is 0 Å². The number of phenolic OH excluding ortho intramolecular Hbond substituents is 1. The third-order valence-electron chi connectivity index (χ3n) is 3.44. The van der Waals surface area contributed by atoms with Crippen molar-refractivity contribution in [2.24, 2.45) is 0 Å². The molecule has 0 amide bonds. The standard InChI is InChI=1S/C15H20ClN3O2/c1-15(21,11-4-6-12(20)7-5-11)14-13(16)10-17-19(14)9-8-18(2)3/h4-7,10,20-21H,8-9H2,1-3H3. The first-order chi connectivity index (χ1) is 9.82. The molecular formula is C15H20ClN3O2. The summed E-state index contributed by atoms with van der Waals surface area (Å²) in [4.78, 5) is 2.04. The lowest BCUT2D eigenvalue weighted by Gasteiger charge is -2.26. The molecular weight excluding hydrogens is 290 g/mol. The Kier molecular flexibility index (Phi) is 4.56. The van der Waals surface area contributed by atoms with Crippen molar-refractivity contribution in [1.82, 2.24) is 14.7 Å². The van der Waals surface area contributed by atoms with Gasteiger partial charge in [-0.15, -0.1) is 0 Å². The molecule has 21 heavy (non-hydrogen) atoms. The van der Waals surface area contributed by atoms with E-state index in [2.05, 4.69) is 5.10 Å². The number of nitrogens with zero attached hydrogens (tertiary/aromatic N) is 3. The summed E-state index contributed by atoms with van der Waals surface area (Å²) >= 11 is 6.22. The van der Waals surface area contributed by atoms with E-state index >= 15 is 0 Å². The van der Waals surface area contributed by atoms with Gasteiger partial charge < -0.3 is 15.1 Å². The average molecular weight is 310 g/mol. The molecule has 0 aliphatic rings. The Balaban J connectivity index is 2.39. The average Bonchev–Trinajstić information content (AvgIpc) is 2.78. The van der Waals surface area contributed by atoms with Crippen molar-refractivity contribution in [3.05, 3.63) is 46.7 Å². The van der Waals surface area contributed by atoms with Crippen LogP contribution in [-0.2, 0) is 12.1 Å². The predicted octanol–water partition coefficient (Wildman–Crippen LogP) is 2.06. The van der Waals surface area contributed by atoms with Crippen molar-refractivity contribution < 1.29 is 10.2 Å². The molecule has 6 heteroatoms. The summed E-state index contributed by atoms with van der Waals surface area (Å²) in [7, 11) is 3.95. The zero-order chi connectivity index (χ0) is 15.6. The molecule has 2 N–H and O–H groups in total. The zero-order valence-corrected chi connectivity index (χ0v) is 13.2. The number of aliphatic hydroxyl groups is 1. The minimum absolute atomic E-state index is 0.154. The Labute approximate surface area is 129 Å². The maximum atomic E-state index is 10.9. The van der Waals surface area contributed by atoms with E-state index in [4.69, 9.17) is 11.6 Å². The summed E-state index contributed by atoms with van der Waals surface area (Å²) in [5.41, 5.74) is -0.0846. The van der Waals surface area contributed by atoms with E-state index in [9.17, 15) is 10.2 Å². The van der Waals surface area contributed by atoms with Gasteiger partial charge in [-0.2, -0.15) is 5.10 Å². The molecule has 5 nitrogen and oxygen atoms in total. The van der Waals surface area contributed by atoms with E-state index in [0.29, 0.717) is 22.8 Å². The van der Waals surface area contributed by atoms with Crippen molar-refractivity contribution in [2.75, 3.05) is 20.6 Å². The largest absolute Gasteiger partial charge is 0.508 e. The molecule has 1 unspecified atom stereocenters. The van der Waals surface area contributed by atoms with Crippen LogP contribution in [-0.4, -0.2) is 45.5 Å². The van der Waals surface area contributed by atoms with Gasteiger partial charge in [0.25, 0.3) is 0 Å². The molecule has 1 heterocycles. The quantitative estimate of drug-likeness (QED) is 0.887. The van der Waals surface area contributed by atoms with E-state index in [0.717, 1.165) is 6.54 Å². The molecule has 1 aromatic carbocycles. The molecule has 2 rings (SSSR count). The van der Waals surface area contributed by atoms with Crippen LogP contribution in [0.4, 0.5) is 0 Å². The molecule has 0 aliphatic carbocycles. The van der Waals surface area contributed by atoms with E-state index < -0.39 is 5.60 Å². The molecule has 0 saturated heterocycles.